The Morgan fingerprint density at radius 3 is 2.26 bits per heavy atom. The first-order valence-corrected chi connectivity index (χ1v) is 15.0. The SMILES string of the molecule is COc1cc([C@@H]2c3cc4c(cc3[C@@H](NC3=CC(=O)N(CC(=O)N5CCN(C)CC5)C3=O)[C@H]3COC(=O)[C@H]23)OCO4)cc(OC)c1O. The van der Waals surface area contributed by atoms with E-state index in [1.165, 1.54) is 20.3 Å². The molecule has 0 aromatic heterocycles. The van der Waals surface area contributed by atoms with Gasteiger partial charge in [0.2, 0.25) is 18.4 Å². The fourth-order valence-electron chi connectivity index (χ4n) is 7.06. The maximum Gasteiger partial charge on any atom is 0.310 e. The Morgan fingerprint density at radius 1 is 0.957 bits per heavy atom. The highest BCUT2D eigenvalue weighted by atomic mass is 16.7. The molecular formula is C32H34N4O10. The molecule has 5 aliphatic rings. The highest BCUT2D eigenvalue weighted by Crippen LogP contribution is 2.55. The minimum atomic E-state index is -0.716. The maximum atomic E-state index is 13.6. The number of carbonyl (C=O) groups is 4. The number of likely N-dealkylation sites (N-methyl/N-ethyl adjacent to an activating group) is 1. The molecule has 14 heteroatoms. The van der Waals surface area contributed by atoms with Crippen LogP contribution in [0.2, 0.25) is 0 Å². The van der Waals surface area contributed by atoms with E-state index < -0.39 is 41.6 Å². The fraction of sp³-hybridized carbons (Fsp3) is 0.438. The average Bonchev–Trinajstić information content (AvgIpc) is 3.74. The minimum Gasteiger partial charge on any atom is -0.502 e. The van der Waals surface area contributed by atoms with Gasteiger partial charge < -0.3 is 43.9 Å². The van der Waals surface area contributed by atoms with Crippen LogP contribution in [0.1, 0.15) is 28.7 Å². The van der Waals surface area contributed by atoms with Crippen LogP contribution in [-0.4, -0.2) is 111 Å². The third-order valence-electron chi connectivity index (χ3n) is 9.52. The maximum absolute atomic E-state index is 13.6. The van der Waals surface area contributed by atoms with Crippen molar-refractivity contribution in [2.24, 2.45) is 11.8 Å². The topological polar surface area (TPSA) is 156 Å². The molecule has 4 atom stereocenters. The van der Waals surface area contributed by atoms with Crippen molar-refractivity contribution in [2.75, 3.05) is 67.4 Å². The molecule has 0 saturated carbocycles. The number of rotatable bonds is 7. The van der Waals surface area contributed by atoms with E-state index in [4.69, 9.17) is 23.7 Å². The molecule has 242 valence electrons. The summed E-state index contributed by atoms with van der Waals surface area (Å²) in [6.07, 6.45) is 1.20. The van der Waals surface area contributed by atoms with Crippen LogP contribution >= 0.6 is 0 Å². The van der Waals surface area contributed by atoms with Crippen molar-refractivity contribution >= 4 is 23.7 Å². The first kappa shape index (κ1) is 29.7. The summed E-state index contributed by atoms with van der Waals surface area (Å²) in [6.45, 7) is 2.19. The summed E-state index contributed by atoms with van der Waals surface area (Å²) in [6, 6.07) is 6.29. The van der Waals surface area contributed by atoms with Crippen LogP contribution in [-0.2, 0) is 23.9 Å². The summed E-state index contributed by atoms with van der Waals surface area (Å²) in [4.78, 5) is 57.7. The number of nitrogens with one attached hydrogen (secondary N) is 1. The Morgan fingerprint density at radius 2 is 1.61 bits per heavy atom. The Labute approximate surface area is 264 Å². The minimum absolute atomic E-state index is 0.0190. The van der Waals surface area contributed by atoms with Crippen LogP contribution < -0.4 is 24.3 Å². The second-order valence-electron chi connectivity index (χ2n) is 12.0. The van der Waals surface area contributed by atoms with Gasteiger partial charge in [0.25, 0.3) is 11.8 Å². The van der Waals surface area contributed by atoms with E-state index in [9.17, 15) is 24.3 Å². The van der Waals surface area contributed by atoms with E-state index in [1.54, 1.807) is 17.0 Å². The number of hydrogen-bond donors (Lipinski definition) is 2. The molecular weight excluding hydrogens is 600 g/mol. The largest absolute Gasteiger partial charge is 0.502 e. The molecule has 1 aliphatic carbocycles. The zero-order chi connectivity index (χ0) is 32.3. The summed E-state index contributed by atoms with van der Waals surface area (Å²) in [5.41, 5.74) is 2.08. The standard InChI is InChI=1S/C32H34N4O10/c1-34-4-6-35(7-5-34)26(38)13-36-25(37)12-20(31(36)40)33-29-18-11-22-21(45-15-46-22)10-17(18)27(28-19(29)14-44-32(28)41)16-8-23(42-2)30(39)24(9-16)43-3/h8-12,19,27-29,33,39H,4-7,13-15H2,1-3H3/t19-,27+,28-,29+/m0/s1. The number of esters is 1. The van der Waals surface area contributed by atoms with Gasteiger partial charge in [-0.3, -0.25) is 24.1 Å². The van der Waals surface area contributed by atoms with E-state index in [0.717, 1.165) is 4.90 Å². The zero-order valence-corrected chi connectivity index (χ0v) is 25.6. The van der Waals surface area contributed by atoms with Gasteiger partial charge in [0.15, 0.2) is 23.0 Å². The number of imide groups is 1. The molecule has 0 unspecified atom stereocenters. The first-order chi connectivity index (χ1) is 22.2. The number of amides is 3. The van der Waals surface area contributed by atoms with Crippen molar-refractivity contribution in [1.82, 2.24) is 20.0 Å². The van der Waals surface area contributed by atoms with Crippen LogP contribution in [0.5, 0.6) is 28.7 Å². The average molecular weight is 635 g/mol. The van der Waals surface area contributed by atoms with Gasteiger partial charge in [-0.25, -0.2) is 0 Å². The zero-order valence-electron chi connectivity index (χ0n) is 25.6. The Hall–Kier alpha value is -4.98. The van der Waals surface area contributed by atoms with Gasteiger partial charge in [0.05, 0.1) is 32.8 Å². The molecule has 4 aliphatic heterocycles. The molecule has 4 heterocycles. The first-order valence-electron chi connectivity index (χ1n) is 15.0. The number of aromatic hydroxyl groups is 1. The Balaban J connectivity index is 1.24. The fourth-order valence-corrected chi connectivity index (χ4v) is 7.06. The lowest BCUT2D eigenvalue weighted by atomic mass is 9.65. The number of ether oxygens (including phenoxy) is 5. The van der Waals surface area contributed by atoms with Gasteiger partial charge in [-0.15, -0.1) is 0 Å². The van der Waals surface area contributed by atoms with Crippen LogP contribution in [0, 0.1) is 11.8 Å². The number of methoxy groups -OCH3 is 2. The van der Waals surface area contributed by atoms with E-state index in [2.05, 4.69) is 10.2 Å². The second-order valence-corrected chi connectivity index (χ2v) is 12.0. The normalized spacial score (nSPS) is 25.2. The quantitative estimate of drug-likeness (QED) is 0.326. The molecule has 2 N–H and O–H groups in total. The molecule has 0 spiro atoms. The van der Waals surface area contributed by atoms with Gasteiger partial charge in [-0.05, 0) is 48.0 Å². The number of carbonyl (C=O) groups excluding carboxylic acids is 4. The lowest BCUT2D eigenvalue weighted by molar-refractivity contribution is -0.145. The number of benzene rings is 2. The van der Waals surface area contributed by atoms with Crippen LogP contribution in [0.4, 0.5) is 0 Å². The number of phenolic OH excluding ortho intramolecular Hbond substituents is 1. The van der Waals surface area contributed by atoms with Crippen LogP contribution in [0.15, 0.2) is 36.0 Å². The third kappa shape index (κ3) is 4.83. The summed E-state index contributed by atoms with van der Waals surface area (Å²) in [7, 11) is 4.82. The molecule has 0 bridgehead atoms. The number of hydrogen-bond acceptors (Lipinski definition) is 12. The van der Waals surface area contributed by atoms with Gasteiger partial charge in [-0.1, -0.05) is 0 Å². The number of phenols is 1. The Bertz CT molecular complexity index is 1640. The molecule has 14 nitrogen and oxygen atoms in total. The Kier molecular flexibility index (Phi) is 7.38. The molecule has 2 saturated heterocycles. The summed E-state index contributed by atoms with van der Waals surface area (Å²) in [5, 5.41) is 13.8. The molecule has 2 fully saturated rings. The van der Waals surface area contributed by atoms with Gasteiger partial charge in [-0.2, -0.15) is 0 Å². The lowest BCUT2D eigenvalue weighted by Gasteiger charge is -2.40. The lowest BCUT2D eigenvalue weighted by Crippen LogP contribution is -2.51. The second kappa shape index (κ2) is 11.4. The third-order valence-corrected chi connectivity index (χ3v) is 9.52. The van der Waals surface area contributed by atoms with Crippen LogP contribution in [0.25, 0.3) is 0 Å². The van der Waals surface area contributed by atoms with Gasteiger partial charge in [0, 0.05) is 44.1 Å². The number of cyclic esters (lactones) is 1. The van der Waals surface area contributed by atoms with Crippen molar-refractivity contribution in [3.63, 3.8) is 0 Å². The molecule has 7 rings (SSSR count). The molecule has 0 radical (unpaired) electrons. The molecule has 2 aromatic carbocycles. The van der Waals surface area contributed by atoms with Crippen molar-refractivity contribution < 1.29 is 48.0 Å². The van der Waals surface area contributed by atoms with Crippen molar-refractivity contribution in [3.05, 3.63) is 52.7 Å². The van der Waals surface area contributed by atoms with Crippen molar-refractivity contribution in [2.45, 2.75) is 12.0 Å². The predicted molar refractivity (Wildman–Crippen MR) is 158 cm³/mol. The molecule has 2 aromatic rings. The molecule has 46 heavy (non-hydrogen) atoms. The van der Waals surface area contributed by atoms with Crippen molar-refractivity contribution in [3.8, 4) is 28.7 Å². The number of nitrogens with zero attached hydrogens (tertiary/aromatic N) is 3. The monoisotopic (exact) mass is 634 g/mol. The highest BCUT2D eigenvalue weighted by Gasteiger charge is 2.53. The number of piperazine rings is 1. The van der Waals surface area contributed by atoms with Gasteiger partial charge in [0.1, 0.15) is 12.2 Å². The smallest absolute Gasteiger partial charge is 0.310 e. The summed E-state index contributed by atoms with van der Waals surface area (Å²) >= 11 is 0. The van der Waals surface area contributed by atoms with E-state index in [0.29, 0.717) is 54.4 Å². The van der Waals surface area contributed by atoms with Gasteiger partial charge >= 0.3 is 5.97 Å². The number of fused-ring (bicyclic) bond motifs is 3. The predicted octanol–water partition coefficient (Wildman–Crippen LogP) is 0.730. The summed E-state index contributed by atoms with van der Waals surface area (Å²) in [5.74, 6) is -2.53. The van der Waals surface area contributed by atoms with E-state index in [-0.39, 0.29) is 48.8 Å². The van der Waals surface area contributed by atoms with Crippen LogP contribution in [0.3, 0.4) is 0 Å². The summed E-state index contributed by atoms with van der Waals surface area (Å²) < 4.78 is 27.9. The molecule has 3 amide bonds. The van der Waals surface area contributed by atoms with E-state index >= 15 is 0 Å². The van der Waals surface area contributed by atoms with E-state index in [1.807, 2.05) is 19.2 Å². The van der Waals surface area contributed by atoms with Crippen molar-refractivity contribution in [1.29, 1.82) is 0 Å². The highest BCUT2D eigenvalue weighted by molar-refractivity contribution is 6.17.